The SMILES string of the molecule is O=C(COc1ccc2cc(Br)ccc2c1Br)NNC(=O)c1ccc(Br)o1. The Morgan fingerprint density at radius 1 is 1.00 bits per heavy atom. The fourth-order valence-corrected chi connectivity index (χ4v) is 3.45. The van der Waals surface area contributed by atoms with Crippen LogP contribution >= 0.6 is 47.8 Å². The molecule has 2 N–H and O–H groups in total. The molecule has 3 aromatic rings. The van der Waals surface area contributed by atoms with Gasteiger partial charge in [0.25, 0.3) is 5.91 Å². The van der Waals surface area contributed by atoms with E-state index < -0.39 is 11.8 Å². The fourth-order valence-electron chi connectivity index (χ4n) is 2.16. The number of carbonyl (C=O) groups excluding carboxylic acids is 2. The molecule has 0 unspecified atom stereocenters. The third kappa shape index (κ3) is 4.46. The van der Waals surface area contributed by atoms with Gasteiger partial charge in [-0.05, 0) is 73.0 Å². The Labute approximate surface area is 173 Å². The molecule has 3 rings (SSSR count). The highest BCUT2D eigenvalue weighted by Gasteiger charge is 2.13. The minimum absolute atomic E-state index is 0.0709. The molecule has 0 aliphatic carbocycles. The summed E-state index contributed by atoms with van der Waals surface area (Å²) in [6.07, 6.45) is 0. The summed E-state index contributed by atoms with van der Waals surface area (Å²) in [5.41, 5.74) is 4.51. The van der Waals surface area contributed by atoms with Crippen LogP contribution in [0.15, 0.2) is 60.5 Å². The first-order valence-corrected chi connectivity index (χ1v) is 9.67. The Balaban J connectivity index is 1.57. The van der Waals surface area contributed by atoms with Gasteiger partial charge in [-0.25, -0.2) is 0 Å². The zero-order valence-electron chi connectivity index (χ0n) is 13.0. The van der Waals surface area contributed by atoms with Gasteiger partial charge in [-0.15, -0.1) is 0 Å². The van der Waals surface area contributed by atoms with Crippen molar-refractivity contribution >= 4 is 70.4 Å². The van der Waals surface area contributed by atoms with Crippen LogP contribution < -0.4 is 15.6 Å². The van der Waals surface area contributed by atoms with Crippen LogP contribution in [0.25, 0.3) is 10.8 Å². The van der Waals surface area contributed by atoms with E-state index in [9.17, 15) is 9.59 Å². The molecule has 0 radical (unpaired) electrons. The molecule has 0 aliphatic heterocycles. The minimum atomic E-state index is -0.568. The second-order valence-electron chi connectivity index (χ2n) is 5.14. The highest BCUT2D eigenvalue weighted by molar-refractivity contribution is 9.11. The van der Waals surface area contributed by atoms with Gasteiger partial charge in [0, 0.05) is 4.47 Å². The summed E-state index contributed by atoms with van der Waals surface area (Å²) in [6, 6.07) is 12.6. The van der Waals surface area contributed by atoms with Gasteiger partial charge in [-0.2, -0.15) is 0 Å². The molecule has 0 saturated carbocycles. The van der Waals surface area contributed by atoms with Crippen LogP contribution in [0.2, 0.25) is 0 Å². The topological polar surface area (TPSA) is 80.6 Å². The normalized spacial score (nSPS) is 10.6. The standard InChI is InChI=1S/C17H11Br3N2O4/c18-10-2-3-11-9(7-10)1-4-12(16(11)20)25-8-15(23)21-22-17(24)13-5-6-14(19)26-13/h1-7H,8H2,(H,21,23)(H,22,24). The van der Waals surface area contributed by atoms with Crippen molar-refractivity contribution in [2.75, 3.05) is 6.61 Å². The lowest BCUT2D eigenvalue weighted by molar-refractivity contribution is -0.123. The van der Waals surface area contributed by atoms with Gasteiger partial charge in [-0.1, -0.05) is 28.1 Å². The highest BCUT2D eigenvalue weighted by atomic mass is 79.9. The Morgan fingerprint density at radius 2 is 1.81 bits per heavy atom. The van der Waals surface area contributed by atoms with Gasteiger partial charge < -0.3 is 9.15 Å². The lowest BCUT2D eigenvalue weighted by Crippen LogP contribution is -2.43. The van der Waals surface area contributed by atoms with E-state index in [1.807, 2.05) is 24.3 Å². The third-order valence-electron chi connectivity index (χ3n) is 3.35. The van der Waals surface area contributed by atoms with Crippen LogP contribution in [-0.2, 0) is 4.79 Å². The summed E-state index contributed by atoms with van der Waals surface area (Å²) in [7, 11) is 0. The largest absolute Gasteiger partial charge is 0.483 e. The molecule has 1 heterocycles. The number of nitrogens with one attached hydrogen (secondary N) is 2. The van der Waals surface area contributed by atoms with E-state index >= 15 is 0 Å². The van der Waals surface area contributed by atoms with E-state index in [2.05, 4.69) is 58.6 Å². The molecule has 6 nitrogen and oxygen atoms in total. The Morgan fingerprint density at radius 3 is 2.54 bits per heavy atom. The summed E-state index contributed by atoms with van der Waals surface area (Å²) in [4.78, 5) is 23.6. The summed E-state index contributed by atoms with van der Waals surface area (Å²) in [6.45, 7) is -0.261. The van der Waals surface area contributed by atoms with Gasteiger partial charge in [0.2, 0.25) is 0 Å². The average molecular weight is 547 g/mol. The number of rotatable bonds is 4. The second-order valence-corrected chi connectivity index (χ2v) is 7.63. The molecule has 0 fully saturated rings. The molecule has 0 bridgehead atoms. The van der Waals surface area contributed by atoms with E-state index in [-0.39, 0.29) is 12.4 Å². The Bertz CT molecular complexity index is 987. The highest BCUT2D eigenvalue weighted by Crippen LogP contribution is 2.34. The fraction of sp³-hybridized carbons (Fsp3) is 0.0588. The third-order valence-corrected chi connectivity index (χ3v) is 5.09. The van der Waals surface area contributed by atoms with Crippen LogP contribution in [0.5, 0.6) is 5.75 Å². The monoisotopic (exact) mass is 544 g/mol. The number of hydrogen-bond donors (Lipinski definition) is 2. The Hall–Kier alpha value is -1.84. The summed E-state index contributed by atoms with van der Waals surface area (Å²) < 4.78 is 12.8. The first-order valence-electron chi connectivity index (χ1n) is 7.29. The van der Waals surface area contributed by atoms with Gasteiger partial charge in [0.05, 0.1) is 4.47 Å². The number of hydrogen-bond acceptors (Lipinski definition) is 4. The maximum absolute atomic E-state index is 11.9. The van der Waals surface area contributed by atoms with E-state index in [0.717, 1.165) is 19.7 Å². The molecule has 26 heavy (non-hydrogen) atoms. The van der Waals surface area contributed by atoms with Gasteiger partial charge in [-0.3, -0.25) is 20.4 Å². The number of carbonyl (C=O) groups is 2. The number of benzene rings is 2. The van der Waals surface area contributed by atoms with Crippen molar-refractivity contribution in [3.63, 3.8) is 0 Å². The molecule has 0 aliphatic rings. The summed E-state index contributed by atoms with van der Waals surface area (Å²) >= 11 is 10.0. The zero-order chi connectivity index (χ0) is 18.7. The van der Waals surface area contributed by atoms with Gasteiger partial charge in [0.15, 0.2) is 17.0 Å². The van der Waals surface area contributed by atoms with Crippen molar-refractivity contribution < 1.29 is 18.7 Å². The minimum Gasteiger partial charge on any atom is -0.483 e. The maximum atomic E-state index is 11.9. The van der Waals surface area contributed by atoms with E-state index in [1.54, 1.807) is 12.1 Å². The quantitative estimate of drug-likeness (QED) is 0.470. The van der Waals surface area contributed by atoms with E-state index in [4.69, 9.17) is 9.15 Å². The van der Waals surface area contributed by atoms with Crippen molar-refractivity contribution in [3.05, 3.63) is 61.8 Å². The van der Waals surface area contributed by atoms with Crippen molar-refractivity contribution in [2.45, 2.75) is 0 Å². The zero-order valence-corrected chi connectivity index (χ0v) is 17.8. The Kier molecular flexibility index (Phi) is 6.00. The predicted molar refractivity (Wildman–Crippen MR) is 107 cm³/mol. The van der Waals surface area contributed by atoms with Gasteiger partial charge in [0.1, 0.15) is 5.75 Å². The van der Waals surface area contributed by atoms with E-state index in [1.165, 1.54) is 6.07 Å². The lowest BCUT2D eigenvalue weighted by Gasteiger charge is -2.11. The van der Waals surface area contributed by atoms with Crippen molar-refractivity contribution in [1.29, 1.82) is 0 Å². The number of furan rings is 1. The number of ether oxygens (including phenoxy) is 1. The van der Waals surface area contributed by atoms with Crippen LogP contribution in [0, 0.1) is 0 Å². The average Bonchev–Trinajstić information content (AvgIpc) is 3.05. The molecular formula is C17H11Br3N2O4. The van der Waals surface area contributed by atoms with Crippen molar-refractivity contribution in [1.82, 2.24) is 10.9 Å². The second kappa shape index (κ2) is 8.24. The lowest BCUT2D eigenvalue weighted by atomic mass is 10.1. The molecule has 1 aromatic heterocycles. The molecule has 0 spiro atoms. The predicted octanol–water partition coefficient (Wildman–Crippen LogP) is 4.56. The van der Waals surface area contributed by atoms with Crippen LogP contribution in [0.3, 0.4) is 0 Å². The smallest absolute Gasteiger partial charge is 0.305 e. The first-order chi connectivity index (χ1) is 12.4. The molecule has 0 atom stereocenters. The molecule has 0 saturated heterocycles. The molecule has 2 aromatic carbocycles. The molecule has 2 amide bonds. The van der Waals surface area contributed by atoms with Crippen LogP contribution in [0.4, 0.5) is 0 Å². The molecule has 134 valence electrons. The van der Waals surface area contributed by atoms with Gasteiger partial charge >= 0.3 is 5.91 Å². The van der Waals surface area contributed by atoms with Crippen molar-refractivity contribution in [3.8, 4) is 5.75 Å². The first kappa shape index (κ1) is 18.9. The number of halogens is 3. The van der Waals surface area contributed by atoms with Crippen LogP contribution in [0.1, 0.15) is 10.6 Å². The number of hydrazine groups is 1. The summed E-state index contributed by atoms with van der Waals surface area (Å²) in [5, 5.41) is 1.99. The maximum Gasteiger partial charge on any atom is 0.305 e. The summed E-state index contributed by atoms with van der Waals surface area (Å²) in [5.74, 6) is -0.480. The number of amides is 2. The van der Waals surface area contributed by atoms with Crippen molar-refractivity contribution in [2.24, 2.45) is 0 Å². The molecule has 9 heteroatoms. The van der Waals surface area contributed by atoms with Crippen LogP contribution in [-0.4, -0.2) is 18.4 Å². The molecular weight excluding hydrogens is 536 g/mol. The van der Waals surface area contributed by atoms with E-state index in [0.29, 0.717) is 10.4 Å². The number of fused-ring (bicyclic) bond motifs is 1.